The Morgan fingerprint density at radius 2 is 1.90 bits per heavy atom. The number of carbonyl (C=O) groups excluding carboxylic acids is 1. The number of hydrogen-bond donors (Lipinski definition) is 0. The van der Waals surface area contributed by atoms with Crippen molar-refractivity contribution in [1.82, 2.24) is 15.2 Å². The van der Waals surface area contributed by atoms with Crippen molar-refractivity contribution in [3.8, 4) is 0 Å². The molecule has 2 aromatic rings. The van der Waals surface area contributed by atoms with E-state index in [9.17, 15) is 18.0 Å². The summed E-state index contributed by atoms with van der Waals surface area (Å²) in [6, 6.07) is 2.80. The second-order valence-electron chi connectivity index (χ2n) is 5.22. The van der Waals surface area contributed by atoms with Crippen LogP contribution >= 0.6 is 0 Å². The molecule has 0 unspecified atom stereocenters. The molecule has 0 saturated carbocycles. The Labute approximate surface area is 117 Å². The maximum absolute atomic E-state index is 12.7. The number of alkyl halides is 3. The van der Waals surface area contributed by atoms with Gasteiger partial charge in [0.2, 0.25) is 0 Å². The highest BCUT2D eigenvalue weighted by molar-refractivity contribution is 5.75. The van der Waals surface area contributed by atoms with Crippen molar-refractivity contribution in [2.45, 2.75) is 32.5 Å². The Hall–Kier alpha value is -2.32. The van der Waals surface area contributed by atoms with Crippen LogP contribution in [0.15, 0.2) is 18.2 Å². The Kier molecular flexibility index (Phi) is 3.52. The zero-order valence-corrected chi connectivity index (χ0v) is 11.4. The predicted octanol–water partition coefficient (Wildman–Crippen LogP) is 2.81. The summed E-state index contributed by atoms with van der Waals surface area (Å²) in [5, 5.41) is 7.07. The van der Waals surface area contributed by atoms with Crippen molar-refractivity contribution in [1.29, 1.82) is 0 Å². The molecule has 0 radical (unpaired) electrons. The number of ether oxygens (including phenoxy) is 1. The van der Waals surface area contributed by atoms with E-state index in [1.165, 1.54) is 0 Å². The van der Waals surface area contributed by atoms with Gasteiger partial charge in [-0.05, 0) is 44.2 Å². The van der Waals surface area contributed by atoms with Crippen LogP contribution in [-0.4, -0.2) is 26.9 Å². The van der Waals surface area contributed by atoms with Crippen molar-refractivity contribution in [2.24, 2.45) is 0 Å². The van der Waals surface area contributed by atoms with Crippen molar-refractivity contribution in [3.05, 3.63) is 23.8 Å². The van der Waals surface area contributed by atoms with E-state index in [4.69, 9.17) is 9.57 Å². The minimum atomic E-state index is -4.52. The number of hydrogen-bond acceptors (Lipinski definition) is 5. The topological polar surface area (TPSA) is 66.2 Å². The Balaban J connectivity index is 2.30. The number of carbonyl (C=O) groups is 1. The van der Waals surface area contributed by atoms with E-state index in [1.54, 1.807) is 20.8 Å². The number of nitrogens with zero attached hydrogens (tertiary/aromatic N) is 3. The zero-order chi connectivity index (χ0) is 15.8. The molecular weight excluding hydrogens is 291 g/mol. The third-order valence-corrected chi connectivity index (χ3v) is 2.29. The fourth-order valence-corrected chi connectivity index (χ4v) is 1.48. The molecule has 0 atom stereocenters. The number of halogens is 3. The second kappa shape index (κ2) is 4.90. The highest BCUT2D eigenvalue weighted by atomic mass is 19.4. The minimum Gasteiger partial charge on any atom is -0.427 e. The van der Waals surface area contributed by atoms with Gasteiger partial charge in [0.15, 0.2) is 0 Å². The lowest BCUT2D eigenvalue weighted by Gasteiger charge is -2.18. The summed E-state index contributed by atoms with van der Waals surface area (Å²) >= 11 is 0. The minimum absolute atomic E-state index is 0.0873. The lowest BCUT2D eigenvalue weighted by atomic mass is 10.2. The number of aromatic nitrogens is 3. The van der Waals surface area contributed by atoms with Gasteiger partial charge in [-0.2, -0.15) is 13.2 Å². The maximum Gasteiger partial charge on any atom is 0.535 e. The second-order valence-corrected chi connectivity index (χ2v) is 5.22. The van der Waals surface area contributed by atoms with Gasteiger partial charge in [0.25, 0.3) is 0 Å². The monoisotopic (exact) mass is 303 g/mol. The van der Waals surface area contributed by atoms with Gasteiger partial charge in [-0.15, -0.1) is 5.10 Å². The van der Waals surface area contributed by atoms with Crippen LogP contribution in [0.2, 0.25) is 0 Å². The van der Waals surface area contributed by atoms with Crippen molar-refractivity contribution in [3.63, 3.8) is 0 Å². The molecule has 0 amide bonds. The van der Waals surface area contributed by atoms with E-state index in [0.29, 0.717) is 4.85 Å². The van der Waals surface area contributed by atoms with E-state index < -0.39 is 23.5 Å². The summed E-state index contributed by atoms with van der Waals surface area (Å²) in [6.07, 6.45) is -5.61. The van der Waals surface area contributed by atoms with E-state index in [-0.39, 0.29) is 11.0 Å². The van der Waals surface area contributed by atoms with Gasteiger partial charge in [-0.1, -0.05) is 4.85 Å². The predicted molar refractivity (Wildman–Crippen MR) is 65.3 cm³/mol. The van der Waals surface area contributed by atoms with Gasteiger partial charge in [0.05, 0.1) is 5.56 Å². The molecule has 9 heteroatoms. The summed E-state index contributed by atoms with van der Waals surface area (Å²) < 4.78 is 42.9. The van der Waals surface area contributed by atoms with Crippen LogP contribution in [0.1, 0.15) is 26.3 Å². The van der Waals surface area contributed by atoms with Crippen LogP contribution in [0.5, 0.6) is 0 Å². The third-order valence-electron chi connectivity index (χ3n) is 2.29. The molecule has 21 heavy (non-hydrogen) atoms. The molecule has 2 rings (SSSR count). The zero-order valence-electron chi connectivity index (χ0n) is 11.4. The highest BCUT2D eigenvalue weighted by Gasteiger charge is 2.31. The SMILES string of the molecule is CC(C)(C)OC(=O)On1nnc2ccc(C(F)(F)F)cc21. The van der Waals surface area contributed by atoms with Gasteiger partial charge >= 0.3 is 12.3 Å². The molecule has 0 N–H and O–H groups in total. The van der Waals surface area contributed by atoms with Gasteiger partial charge < -0.3 is 4.74 Å². The first-order valence-electron chi connectivity index (χ1n) is 5.90. The van der Waals surface area contributed by atoms with E-state index in [0.717, 1.165) is 18.2 Å². The van der Waals surface area contributed by atoms with Gasteiger partial charge in [0, 0.05) is 0 Å². The van der Waals surface area contributed by atoms with Crippen molar-refractivity contribution < 1.29 is 27.5 Å². The highest BCUT2D eigenvalue weighted by Crippen LogP contribution is 2.30. The molecule has 114 valence electrons. The molecule has 1 heterocycles. The first-order chi connectivity index (χ1) is 9.56. The molecule has 0 fully saturated rings. The van der Waals surface area contributed by atoms with Gasteiger partial charge in [-0.25, -0.2) is 4.79 Å². The lowest BCUT2D eigenvalue weighted by Crippen LogP contribution is -2.30. The van der Waals surface area contributed by atoms with Gasteiger partial charge in [0.1, 0.15) is 16.6 Å². The van der Waals surface area contributed by atoms with E-state index >= 15 is 0 Å². The smallest absolute Gasteiger partial charge is 0.427 e. The van der Waals surface area contributed by atoms with Crippen molar-refractivity contribution >= 4 is 17.2 Å². The Morgan fingerprint density at radius 1 is 1.24 bits per heavy atom. The quantitative estimate of drug-likeness (QED) is 0.598. The molecule has 6 nitrogen and oxygen atoms in total. The first kappa shape index (κ1) is 15.1. The van der Waals surface area contributed by atoms with Gasteiger partial charge in [-0.3, -0.25) is 4.84 Å². The average molecular weight is 303 g/mol. The lowest BCUT2D eigenvalue weighted by molar-refractivity contribution is -0.137. The summed E-state index contributed by atoms with van der Waals surface area (Å²) in [5.74, 6) is 0. The summed E-state index contributed by atoms with van der Waals surface area (Å²) in [5.41, 5.74) is -1.63. The van der Waals surface area contributed by atoms with Crippen molar-refractivity contribution in [2.75, 3.05) is 0 Å². The number of fused-ring (bicyclic) bond motifs is 1. The normalized spacial score (nSPS) is 12.5. The largest absolute Gasteiger partial charge is 0.535 e. The molecule has 0 aliphatic heterocycles. The number of benzene rings is 1. The summed E-state index contributed by atoms with van der Waals surface area (Å²) in [4.78, 5) is 16.8. The Morgan fingerprint density at radius 3 is 2.48 bits per heavy atom. The van der Waals surface area contributed by atoms with E-state index in [2.05, 4.69) is 10.3 Å². The molecule has 1 aromatic carbocycles. The molecule has 0 saturated heterocycles. The van der Waals surface area contributed by atoms with Crippen LogP contribution in [0, 0.1) is 0 Å². The fraction of sp³-hybridized carbons (Fsp3) is 0.417. The number of rotatable bonds is 1. The molecule has 0 aliphatic rings. The standard InChI is InChI=1S/C12H12F3N3O3/c1-11(2,3)20-10(19)21-18-9-6-7(12(13,14)15)4-5-8(9)16-17-18/h4-6H,1-3H3. The maximum atomic E-state index is 12.7. The molecule has 1 aromatic heterocycles. The van der Waals surface area contributed by atoms with Crippen LogP contribution in [0.4, 0.5) is 18.0 Å². The third kappa shape index (κ3) is 3.61. The van der Waals surface area contributed by atoms with Crippen LogP contribution < -0.4 is 4.84 Å². The average Bonchev–Trinajstić information content (AvgIpc) is 2.68. The Bertz CT molecular complexity index is 674. The van der Waals surface area contributed by atoms with Crippen LogP contribution in [-0.2, 0) is 10.9 Å². The fourth-order valence-electron chi connectivity index (χ4n) is 1.48. The molecular formula is C12H12F3N3O3. The molecule has 0 spiro atoms. The first-order valence-corrected chi connectivity index (χ1v) is 5.90. The molecule has 0 aliphatic carbocycles. The van der Waals surface area contributed by atoms with Crippen LogP contribution in [0.3, 0.4) is 0 Å². The van der Waals surface area contributed by atoms with Crippen LogP contribution in [0.25, 0.3) is 11.0 Å². The molecule has 0 bridgehead atoms. The summed E-state index contributed by atoms with van der Waals surface area (Å²) in [6.45, 7) is 4.86. The summed E-state index contributed by atoms with van der Waals surface area (Å²) in [7, 11) is 0. The van der Waals surface area contributed by atoms with E-state index in [1.807, 2.05) is 0 Å².